The number of anilines is 1. The van der Waals surface area contributed by atoms with Crippen LogP contribution in [0, 0.1) is 23.2 Å². The Labute approximate surface area is 155 Å². The van der Waals surface area contributed by atoms with Crippen molar-refractivity contribution in [1.29, 1.82) is 5.26 Å². The van der Waals surface area contributed by atoms with Gasteiger partial charge in [-0.3, -0.25) is 4.79 Å². The zero-order valence-electron chi connectivity index (χ0n) is 16.2. The average molecular weight is 356 g/mol. The standard InChI is InChI=1S/C17H22N6O.C2H6/c1-11-5-7-23(17(24)12(2)8-18)9-14(11)22(3)16-13-4-6-19-15(13)20-10-21-16;1-2/h4,6,10-12,14H,5,7,9H2,1-3H3,(H,19,20,21);1-2H3. The molecule has 1 N–H and O–H groups in total. The number of hydrogen-bond donors (Lipinski definition) is 1. The van der Waals surface area contributed by atoms with E-state index in [1.54, 1.807) is 13.3 Å². The Hall–Kier alpha value is -2.62. The highest BCUT2D eigenvalue weighted by atomic mass is 16.2. The number of carbonyl (C=O) groups is 1. The lowest BCUT2D eigenvalue weighted by molar-refractivity contribution is -0.135. The molecule has 2 aromatic rings. The van der Waals surface area contributed by atoms with Gasteiger partial charge in [-0.2, -0.15) is 5.26 Å². The number of nitrogens with one attached hydrogen (secondary N) is 1. The van der Waals surface area contributed by atoms with Gasteiger partial charge >= 0.3 is 0 Å². The molecular formula is C19H28N6O. The van der Waals surface area contributed by atoms with Gasteiger partial charge in [-0.25, -0.2) is 9.97 Å². The Balaban J connectivity index is 0.00000117. The van der Waals surface area contributed by atoms with E-state index in [9.17, 15) is 4.79 Å². The lowest BCUT2D eigenvalue weighted by Crippen LogP contribution is -2.53. The van der Waals surface area contributed by atoms with Crippen LogP contribution in [-0.4, -0.2) is 51.9 Å². The number of rotatable bonds is 3. The van der Waals surface area contributed by atoms with Gasteiger partial charge in [0.25, 0.3) is 0 Å². The summed E-state index contributed by atoms with van der Waals surface area (Å²) in [7, 11) is 2.01. The van der Waals surface area contributed by atoms with Crippen LogP contribution < -0.4 is 4.90 Å². The van der Waals surface area contributed by atoms with Gasteiger partial charge in [-0.05, 0) is 25.3 Å². The van der Waals surface area contributed by atoms with Crippen molar-refractivity contribution in [3.05, 3.63) is 18.6 Å². The Morgan fingerprint density at radius 2 is 2.19 bits per heavy atom. The van der Waals surface area contributed by atoms with Crippen molar-refractivity contribution < 1.29 is 4.79 Å². The van der Waals surface area contributed by atoms with Crippen molar-refractivity contribution in [3.8, 4) is 6.07 Å². The number of aromatic nitrogens is 3. The van der Waals surface area contributed by atoms with Crippen LogP contribution in [0.4, 0.5) is 5.82 Å². The molecule has 0 aliphatic carbocycles. The molecule has 0 radical (unpaired) electrons. The van der Waals surface area contributed by atoms with Gasteiger partial charge in [-0.1, -0.05) is 20.8 Å². The largest absolute Gasteiger partial charge is 0.354 e. The number of nitriles is 1. The van der Waals surface area contributed by atoms with Crippen molar-refractivity contribution in [2.24, 2.45) is 11.8 Å². The van der Waals surface area contributed by atoms with Gasteiger partial charge in [0.2, 0.25) is 5.91 Å². The molecule has 1 saturated heterocycles. The van der Waals surface area contributed by atoms with Crippen molar-refractivity contribution in [1.82, 2.24) is 19.9 Å². The number of carbonyl (C=O) groups excluding carboxylic acids is 1. The van der Waals surface area contributed by atoms with E-state index in [1.165, 1.54) is 0 Å². The Kier molecular flexibility index (Phi) is 6.56. The van der Waals surface area contributed by atoms with E-state index < -0.39 is 5.92 Å². The summed E-state index contributed by atoms with van der Waals surface area (Å²) in [6, 6.07) is 4.16. The van der Waals surface area contributed by atoms with E-state index in [4.69, 9.17) is 5.26 Å². The number of fused-ring (bicyclic) bond motifs is 1. The first-order valence-electron chi connectivity index (χ1n) is 9.22. The second-order valence-corrected chi connectivity index (χ2v) is 6.52. The lowest BCUT2D eigenvalue weighted by atomic mass is 9.91. The van der Waals surface area contributed by atoms with Crippen LogP contribution >= 0.6 is 0 Å². The number of piperidine rings is 1. The van der Waals surface area contributed by atoms with E-state index in [0.29, 0.717) is 19.0 Å². The molecule has 1 aliphatic heterocycles. The zero-order chi connectivity index (χ0) is 19.3. The molecule has 7 heteroatoms. The summed E-state index contributed by atoms with van der Waals surface area (Å²) in [5, 5.41) is 9.98. The van der Waals surface area contributed by atoms with Crippen LogP contribution in [0.2, 0.25) is 0 Å². The van der Waals surface area contributed by atoms with Gasteiger partial charge in [0.05, 0.1) is 17.5 Å². The van der Waals surface area contributed by atoms with Crippen molar-refractivity contribution in [3.63, 3.8) is 0 Å². The minimum Gasteiger partial charge on any atom is -0.354 e. The molecule has 1 aliphatic rings. The van der Waals surface area contributed by atoms with E-state index in [0.717, 1.165) is 23.3 Å². The number of aromatic amines is 1. The third kappa shape index (κ3) is 3.79. The molecule has 140 valence electrons. The summed E-state index contributed by atoms with van der Waals surface area (Å²) in [4.78, 5) is 28.1. The smallest absolute Gasteiger partial charge is 0.239 e. The Morgan fingerprint density at radius 3 is 2.88 bits per heavy atom. The average Bonchev–Trinajstić information content (AvgIpc) is 3.17. The molecule has 3 atom stereocenters. The molecule has 0 saturated carbocycles. The van der Waals surface area contributed by atoms with Crippen LogP contribution in [0.1, 0.15) is 34.1 Å². The van der Waals surface area contributed by atoms with Gasteiger partial charge < -0.3 is 14.8 Å². The number of amides is 1. The number of likely N-dealkylation sites (N-methyl/N-ethyl adjacent to an activating group) is 1. The minimum absolute atomic E-state index is 0.0859. The Bertz CT molecular complexity index is 780. The summed E-state index contributed by atoms with van der Waals surface area (Å²) in [6.45, 7) is 9.18. The predicted molar refractivity (Wildman–Crippen MR) is 103 cm³/mol. The normalized spacial score (nSPS) is 20.7. The van der Waals surface area contributed by atoms with Gasteiger partial charge in [-0.15, -0.1) is 0 Å². The van der Waals surface area contributed by atoms with Crippen LogP contribution in [-0.2, 0) is 4.79 Å². The van der Waals surface area contributed by atoms with E-state index in [1.807, 2.05) is 44.1 Å². The van der Waals surface area contributed by atoms with Crippen LogP contribution in [0.5, 0.6) is 0 Å². The minimum atomic E-state index is -0.597. The molecule has 2 aromatic heterocycles. The molecule has 0 bridgehead atoms. The third-order valence-electron chi connectivity index (χ3n) is 4.96. The second-order valence-electron chi connectivity index (χ2n) is 6.52. The first-order valence-corrected chi connectivity index (χ1v) is 9.22. The van der Waals surface area contributed by atoms with Gasteiger partial charge in [0, 0.05) is 26.3 Å². The fourth-order valence-electron chi connectivity index (χ4n) is 3.38. The Morgan fingerprint density at radius 1 is 1.46 bits per heavy atom. The number of nitrogens with zero attached hydrogens (tertiary/aromatic N) is 5. The number of hydrogen-bond acceptors (Lipinski definition) is 5. The first kappa shape index (κ1) is 19.7. The summed E-state index contributed by atoms with van der Waals surface area (Å²) >= 11 is 0. The van der Waals surface area contributed by atoms with Gasteiger partial charge in [0.1, 0.15) is 23.7 Å². The first-order chi connectivity index (χ1) is 12.5. The number of H-pyrrole nitrogens is 1. The monoisotopic (exact) mass is 356 g/mol. The summed E-state index contributed by atoms with van der Waals surface area (Å²) in [5.41, 5.74) is 0.807. The van der Waals surface area contributed by atoms with Crippen LogP contribution in [0.3, 0.4) is 0 Å². The molecule has 26 heavy (non-hydrogen) atoms. The summed E-state index contributed by atoms with van der Waals surface area (Å²) in [5.74, 6) is 0.609. The molecular weight excluding hydrogens is 328 g/mol. The molecule has 0 spiro atoms. The van der Waals surface area contributed by atoms with Crippen molar-refractivity contribution >= 4 is 22.8 Å². The maximum atomic E-state index is 12.4. The third-order valence-corrected chi connectivity index (χ3v) is 4.96. The highest BCUT2D eigenvalue weighted by molar-refractivity contribution is 5.87. The fourth-order valence-corrected chi connectivity index (χ4v) is 3.38. The van der Waals surface area contributed by atoms with Crippen LogP contribution in [0.15, 0.2) is 18.6 Å². The predicted octanol–water partition coefficient (Wildman–Crippen LogP) is 2.82. The molecule has 1 fully saturated rings. The van der Waals surface area contributed by atoms with Gasteiger partial charge in [0.15, 0.2) is 0 Å². The quantitative estimate of drug-likeness (QED) is 0.913. The molecule has 7 nitrogen and oxygen atoms in total. The molecule has 0 aromatic carbocycles. The molecule has 3 heterocycles. The summed E-state index contributed by atoms with van der Waals surface area (Å²) in [6.07, 6.45) is 4.32. The SMILES string of the molecule is CC.CC(C#N)C(=O)N1CCC(C)C(N(C)c2ncnc3[nH]ccc23)C1. The molecule has 3 rings (SSSR count). The van der Waals surface area contributed by atoms with E-state index >= 15 is 0 Å². The maximum absolute atomic E-state index is 12.4. The molecule has 3 unspecified atom stereocenters. The number of likely N-dealkylation sites (tertiary alicyclic amines) is 1. The van der Waals surface area contributed by atoms with E-state index in [2.05, 4.69) is 26.8 Å². The van der Waals surface area contributed by atoms with E-state index in [-0.39, 0.29) is 11.9 Å². The van der Waals surface area contributed by atoms with Crippen molar-refractivity contribution in [2.75, 3.05) is 25.0 Å². The summed E-state index contributed by atoms with van der Waals surface area (Å²) < 4.78 is 0. The zero-order valence-corrected chi connectivity index (χ0v) is 16.2. The molecule has 1 amide bonds. The second kappa shape index (κ2) is 8.65. The maximum Gasteiger partial charge on any atom is 0.239 e. The topological polar surface area (TPSA) is 88.9 Å². The lowest BCUT2D eigenvalue weighted by Gasteiger charge is -2.42. The highest BCUT2D eigenvalue weighted by Crippen LogP contribution is 2.29. The fraction of sp³-hybridized carbons (Fsp3) is 0.579. The highest BCUT2D eigenvalue weighted by Gasteiger charge is 2.34. The van der Waals surface area contributed by atoms with Crippen LogP contribution in [0.25, 0.3) is 11.0 Å². The van der Waals surface area contributed by atoms with Crippen molar-refractivity contribution in [2.45, 2.75) is 40.2 Å².